The smallest absolute Gasteiger partial charge is 0.251 e. The summed E-state index contributed by atoms with van der Waals surface area (Å²) in [5, 5.41) is 5.69. The first-order valence-electron chi connectivity index (χ1n) is 11.6. The number of nitrogens with one attached hydrogen (secondary N) is 2. The van der Waals surface area contributed by atoms with Crippen molar-refractivity contribution in [2.45, 2.75) is 69.4 Å². The molecule has 0 unspecified atom stereocenters. The Labute approximate surface area is 196 Å². The molecule has 3 rings (SSSR count). The predicted octanol–water partition coefficient (Wildman–Crippen LogP) is 4.31. The third-order valence-electron chi connectivity index (χ3n) is 6.02. The van der Waals surface area contributed by atoms with Crippen molar-refractivity contribution in [3.05, 3.63) is 59.7 Å². The van der Waals surface area contributed by atoms with E-state index in [0.29, 0.717) is 24.2 Å². The number of anilines is 1. The van der Waals surface area contributed by atoms with E-state index in [1.165, 1.54) is 16.4 Å². The number of benzene rings is 2. The summed E-state index contributed by atoms with van der Waals surface area (Å²) in [6, 6.07) is 13.4. The highest BCUT2D eigenvalue weighted by molar-refractivity contribution is 7.89. The Morgan fingerprint density at radius 3 is 2.39 bits per heavy atom. The molecule has 178 valence electrons. The van der Waals surface area contributed by atoms with Gasteiger partial charge in [0.05, 0.1) is 4.90 Å². The van der Waals surface area contributed by atoms with Gasteiger partial charge in [-0.2, -0.15) is 4.31 Å². The lowest BCUT2D eigenvalue weighted by molar-refractivity contribution is -0.116. The summed E-state index contributed by atoms with van der Waals surface area (Å²) in [5.41, 5.74) is 1.93. The van der Waals surface area contributed by atoms with Crippen molar-refractivity contribution in [1.29, 1.82) is 0 Å². The predicted molar refractivity (Wildman–Crippen MR) is 129 cm³/mol. The van der Waals surface area contributed by atoms with Crippen LogP contribution < -0.4 is 10.6 Å². The standard InChI is InChI=1S/C25H33N3O4S/c1-3-8-24(29)27-21-10-7-9-19(17-21)18-26-25(30)20-13-15-23(16-14-20)33(31,32)28(2)22-11-5-4-6-12-22/h7,9-10,13-17,22H,3-6,8,11-12,18H2,1-2H3,(H,26,30)(H,27,29). The lowest BCUT2D eigenvalue weighted by atomic mass is 9.96. The largest absolute Gasteiger partial charge is 0.348 e. The number of carbonyl (C=O) groups is 2. The van der Waals surface area contributed by atoms with Gasteiger partial charge in [-0.1, -0.05) is 38.3 Å². The quantitative estimate of drug-likeness (QED) is 0.570. The monoisotopic (exact) mass is 471 g/mol. The Bertz CT molecular complexity index is 1060. The molecule has 0 atom stereocenters. The molecule has 1 aliphatic carbocycles. The molecule has 7 nitrogen and oxygen atoms in total. The van der Waals surface area contributed by atoms with Crippen LogP contribution in [0.3, 0.4) is 0 Å². The highest BCUT2D eigenvalue weighted by Crippen LogP contribution is 2.26. The van der Waals surface area contributed by atoms with Crippen molar-refractivity contribution in [3.8, 4) is 0 Å². The van der Waals surface area contributed by atoms with Crippen LogP contribution in [0.15, 0.2) is 53.4 Å². The van der Waals surface area contributed by atoms with Crippen molar-refractivity contribution in [2.24, 2.45) is 0 Å². The van der Waals surface area contributed by atoms with Crippen LogP contribution in [0.1, 0.15) is 67.8 Å². The summed E-state index contributed by atoms with van der Waals surface area (Å²) in [4.78, 5) is 24.5. The third-order valence-corrected chi connectivity index (χ3v) is 7.95. The Kier molecular flexibility index (Phi) is 8.63. The number of sulfonamides is 1. The molecule has 2 amide bonds. The molecular weight excluding hydrogens is 438 g/mol. The van der Waals surface area contributed by atoms with Crippen LogP contribution in [0.4, 0.5) is 5.69 Å². The molecule has 0 spiro atoms. The lowest BCUT2D eigenvalue weighted by Gasteiger charge is -2.30. The third kappa shape index (κ3) is 6.65. The van der Waals surface area contributed by atoms with Gasteiger partial charge in [0.2, 0.25) is 15.9 Å². The SMILES string of the molecule is CCCC(=O)Nc1cccc(CNC(=O)c2ccc(S(=O)(=O)N(C)C3CCCCC3)cc2)c1. The van der Waals surface area contributed by atoms with E-state index in [0.717, 1.165) is 44.1 Å². The van der Waals surface area contributed by atoms with Crippen molar-refractivity contribution in [2.75, 3.05) is 12.4 Å². The minimum atomic E-state index is -3.59. The fourth-order valence-corrected chi connectivity index (χ4v) is 5.50. The first-order chi connectivity index (χ1) is 15.8. The van der Waals surface area contributed by atoms with Gasteiger partial charge in [0.25, 0.3) is 5.91 Å². The summed E-state index contributed by atoms with van der Waals surface area (Å²) in [7, 11) is -1.94. The minimum absolute atomic E-state index is 0.0363. The van der Waals surface area contributed by atoms with Crippen LogP contribution >= 0.6 is 0 Å². The molecular formula is C25H33N3O4S. The Morgan fingerprint density at radius 2 is 1.73 bits per heavy atom. The van der Waals surface area contributed by atoms with Crippen molar-refractivity contribution in [3.63, 3.8) is 0 Å². The zero-order valence-corrected chi connectivity index (χ0v) is 20.2. The molecule has 0 radical (unpaired) electrons. The number of hydrogen-bond acceptors (Lipinski definition) is 4. The first kappa shape index (κ1) is 24.9. The molecule has 0 heterocycles. The average molecular weight is 472 g/mol. The second-order valence-corrected chi connectivity index (χ2v) is 10.5. The number of hydrogen-bond donors (Lipinski definition) is 2. The summed E-state index contributed by atoms with van der Waals surface area (Å²) in [5.74, 6) is -0.331. The van der Waals surface area contributed by atoms with Gasteiger partial charge in [-0.15, -0.1) is 0 Å². The van der Waals surface area contributed by atoms with E-state index < -0.39 is 10.0 Å². The van der Waals surface area contributed by atoms with E-state index >= 15 is 0 Å². The average Bonchev–Trinajstić information content (AvgIpc) is 2.83. The Balaban J connectivity index is 1.60. The van der Waals surface area contributed by atoms with Gasteiger partial charge in [0.15, 0.2) is 0 Å². The molecule has 0 saturated heterocycles. The summed E-state index contributed by atoms with van der Waals surface area (Å²) >= 11 is 0. The maximum atomic E-state index is 13.0. The molecule has 0 bridgehead atoms. The van der Waals surface area contributed by atoms with Gasteiger partial charge >= 0.3 is 0 Å². The van der Waals surface area contributed by atoms with Crippen LogP contribution in [0.25, 0.3) is 0 Å². The number of rotatable bonds is 9. The molecule has 0 aliphatic heterocycles. The number of nitrogens with zero attached hydrogens (tertiary/aromatic N) is 1. The summed E-state index contributed by atoms with van der Waals surface area (Å²) in [6.07, 6.45) is 6.28. The zero-order chi connectivity index (χ0) is 23.8. The van der Waals surface area contributed by atoms with Gasteiger partial charge in [-0.25, -0.2) is 8.42 Å². The first-order valence-corrected chi connectivity index (χ1v) is 13.0. The van der Waals surface area contributed by atoms with E-state index in [1.54, 1.807) is 19.2 Å². The van der Waals surface area contributed by atoms with E-state index in [4.69, 9.17) is 0 Å². The van der Waals surface area contributed by atoms with E-state index in [9.17, 15) is 18.0 Å². The molecule has 33 heavy (non-hydrogen) atoms. The fourth-order valence-electron chi connectivity index (χ4n) is 4.08. The van der Waals surface area contributed by atoms with Crippen LogP contribution in [0.5, 0.6) is 0 Å². The van der Waals surface area contributed by atoms with Crippen LogP contribution in [0, 0.1) is 0 Å². The number of carbonyl (C=O) groups excluding carboxylic acids is 2. The molecule has 1 aliphatic rings. The second-order valence-electron chi connectivity index (χ2n) is 8.52. The van der Waals surface area contributed by atoms with E-state index in [1.807, 2.05) is 31.2 Å². The Morgan fingerprint density at radius 1 is 1.03 bits per heavy atom. The van der Waals surface area contributed by atoms with Crippen LogP contribution in [-0.2, 0) is 21.4 Å². The van der Waals surface area contributed by atoms with Crippen LogP contribution in [0.2, 0.25) is 0 Å². The zero-order valence-electron chi connectivity index (χ0n) is 19.3. The lowest BCUT2D eigenvalue weighted by Crippen LogP contribution is -2.38. The van der Waals surface area contributed by atoms with Gasteiger partial charge in [-0.3, -0.25) is 9.59 Å². The molecule has 1 fully saturated rings. The highest BCUT2D eigenvalue weighted by atomic mass is 32.2. The summed E-state index contributed by atoms with van der Waals surface area (Å²) < 4.78 is 27.4. The van der Waals surface area contributed by atoms with E-state index in [-0.39, 0.29) is 22.8 Å². The van der Waals surface area contributed by atoms with Crippen molar-refractivity contribution >= 4 is 27.5 Å². The molecule has 0 aromatic heterocycles. The molecule has 1 saturated carbocycles. The van der Waals surface area contributed by atoms with Gasteiger partial charge in [0, 0.05) is 37.3 Å². The van der Waals surface area contributed by atoms with Gasteiger partial charge in [-0.05, 0) is 61.2 Å². The van der Waals surface area contributed by atoms with Crippen LogP contribution in [-0.4, -0.2) is 37.6 Å². The fraction of sp³-hybridized carbons (Fsp3) is 0.440. The van der Waals surface area contributed by atoms with Crippen molar-refractivity contribution < 1.29 is 18.0 Å². The second kappa shape index (κ2) is 11.4. The highest BCUT2D eigenvalue weighted by Gasteiger charge is 2.29. The van der Waals surface area contributed by atoms with Gasteiger partial charge < -0.3 is 10.6 Å². The minimum Gasteiger partial charge on any atom is -0.348 e. The maximum Gasteiger partial charge on any atom is 0.251 e. The normalized spacial score (nSPS) is 14.8. The Hall–Kier alpha value is -2.71. The molecule has 2 N–H and O–H groups in total. The topological polar surface area (TPSA) is 95.6 Å². The van der Waals surface area contributed by atoms with Gasteiger partial charge in [0.1, 0.15) is 0 Å². The molecule has 8 heteroatoms. The summed E-state index contributed by atoms with van der Waals surface area (Å²) in [6.45, 7) is 2.24. The molecule has 2 aromatic rings. The maximum absolute atomic E-state index is 13.0. The van der Waals surface area contributed by atoms with Crippen molar-refractivity contribution in [1.82, 2.24) is 9.62 Å². The molecule has 2 aromatic carbocycles. The number of amides is 2. The van der Waals surface area contributed by atoms with E-state index in [2.05, 4.69) is 10.6 Å².